The highest BCUT2D eigenvalue weighted by Crippen LogP contribution is 2.20. The summed E-state index contributed by atoms with van der Waals surface area (Å²) < 4.78 is 56.9. The van der Waals surface area contributed by atoms with Gasteiger partial charge in [0.15, 0.2) is 9.84 Å². The smallest absolute Gasteiger partial charge is 0.407 e. The first-order chi connectivity index (χ1) is 17.4. The van der Waals surface area contributed by atoms with Gasteiger partial charge in [-0.2, -0.15) is 4.31 Å². The number of rotatable bonds is 11. The molecule has 11 heteroatoms. The van der Waals surface area contributed by atoms with Crippen LogP contribution in [0.2, 0.25) is 0 Å². The molecule has 204 valence electrons. The molecule has 0 bridgehead atoms. The number of aryl methyl sites for hydroxylation is 1. The van der Waals surface area contributed by atoms with Gasteiger partial charge in [0.2, 0.25) is 10.0 Å². The molecule has 1 saturated heterocycles. The average Bonchev–Trinajstić information content (AvgIpc) is 3.16. The van der Waals surface area contributed by atoms with Gasteiger partial charge < -0.3 is 15.2 Å². The van der Waals surface area contributed by atoms with Gasteiger partial charge in [-0.25, -0.2) is 21.6 Å². The molecule has 3 rings (SSSR count). The van der Waals surface area contributed by atoms with Crippen LogP contribution >= 0.6 is 0 Å². The fourth-order valence-corrected chi connectivity index (χ4v) is 7.43. The van der Waals surface area contributed by atoms with Crippen LogP contribution in [-0.2, 0) is 31.0 Å². The summed E-state index contributed by atoms with van der Waals surface area (Å²) in [6.45, 7) is 5.57. The van der Waals surface area contributed by atoms with Crippen LogP contribution in [0.4, 0.5) is 4.79 Å². The molecule has 9 nitrogen and oxygen atoms in total. The number of carbonyl (C=O) groups excluding carboxylic acids is 1. The molecule has 0 radical (unpaired) electrons. The molecule has 3 atom stereocenters. The number of sulfonamides is 1. The van der Waals surface area contributed by atoms with Crippen molar-refractivity contribution in [1.82, 2.24) is 9.62 Å². The average molecular weight is 553 g/mol. The van der Waals surface area contributed by atoms with Gasteiger partial charge in [0, 0.05) is 13.1 Å². The molecule has 2 N–H and O–H groups in total. The first-order valence-electron chi connectivity index (χ1n) is 12.3. The van der Waals surface area contributed by atoms with E-state index in [1.807, 2.05) is 51.1 Å². The quantitative estimate of drug-likeness (QED) is 0.438. The lowest BCUT2D eigenvalue weighted by molar-refractivity contribution is 0.0768. The number of sulfone groups is 1. The van der Waals surface area contributed by atoms with E-state index in [1.165, 1.54) is 16.4 Å². The molecule has 1 heterocycles. The Balaban J connectivity index is 1.80. The van der Waals surface area contributed by atoms with Crippen molar-refractivity contribution in [2.24, 2.45) is 5.92 Å². The van der Waals surface area contributed by atoms with Crippen molar-refractivity contribution < 1.29 is 31.5 Å². The Morgan fingerprint density at radius 2 is 1.76 bits per heavy atom. The second-order valence-corrected chi connectivity index (χ2v) is 14.1. The molecule has 0 aliphatic carbocycles. The number of ether oxygens (including phenoxy) is 1. The van der Waals surface area contributed by atoms with Crippen molar-refractivity contribution in [1.29, 1.82) is 0 Å². The van der Waals surface area contributed by atoms with Crippen LogP contribution < -0.4 is 5.32 Å². The van der Waals surface area contributed by atoms with Crippen LogP contribution in [0.25, 0.3) is 0 Å². The summed E-state index contributed by atoms with van der Waals surface area (Å²) in [4.78, 5) is 12.8. The summed E-state index contributed by atoms with van der Waals surface area (Å²) in [5.74, 6) is -0.284. The number of nitrogens with one attached hydrogen (secondary N) is 1. The Kier molecular flexibility index (Phi) is 9.74. The van der Waals surface area contributed by atoms with Crippen LogP contribution in [0.15, 0.2) is 59.5 Å². The van der Waals surface area contributed by atoms with E-state index in [0.29, 0.717) is 0 Å². The predicted octanol–water partition coefficient (Wildman–Crippen LogP) is 2.53. The van der Waals surface area contributed by atoms with Gasteiger partial charge in [-0.3, -0.25) is 0 Å². The predicted molar refractivity (Wildman–Crippen MR) is 141 cm³/mol. The fourth-order valence-electron chi connectivity index (χ4n) is 4.22. The molecule has 2 aromatic rings. The zero-order valence-electron chi connectivity index (χ0n) is 21.4. The monoisotopic (exact) mass is 552 g/mol. The minimum Gasteiger partial charge on any atom is -0.445 e. The second-order valence-electron chi connectivity index (χ2n) is 9.97. The highest BCUT2D eigenvalue weighted by Gasteiger charge is 2.34. The third kappa shape index (κ3) is 8.53. The van der Waals surface area contributed by atoms with Crippen LogP contribution in [-0.4, -0.2) is 75.2 Å². The Labute approximate surface area is 219 Å². The molecule has 0 spiro atoms. The number of nitrogens with zero attached hydrogens (tertiary/aromatic N) is 1. The number of aliphatic hydroxyl groups excluding tert-OH is 1. The van der Waals surface area contributed by atoms with Gasteiger partial charge in [-0.05, 0) is 43.4 Å². The molecule has 1 fully saturated rings. The largest absolute Gasteiger partial charge is 0.445 e. The summed E-state index contributed by atoms with van der Waals surface area (Å²) in [7, 11) is -7.15. The SMILES string of the molecule is Cc1ccc(S(=O)(=O)N(CC(C)C)C[C@@H](O)[C@H](Cc2ccccc2)NC(=O)O[C@H]2CCS(=O)(=O)C2)cc1. The van der Waals surface area contributed by atoms with Crippen molar-refractivity contribution in [3.63, 3.8) is 0 Å². The molecular formula is C26H36N2O7S2. The third-order valence-electron chi connectivity index (χ3n) is 6.15. The van der Waals surface area contributed by atoms with Crippen molar-refractivity contribution >= 4 is 26.0 Å². The molecule has 1 aliphatic heterocycles. The number of amides is 1. The highest BCUT2D eigenvalue weighted by molar-refractivity contribution is 7.91. The summed E-state index contributed by atoms with van der Waals surface area (Å²) in [5.41, 5.74) is 1.75. The lowest BCUT2D eigenvalue weighted by Crippen LogP contribution is -2.51. The fraction of sp³-hybridized carbons (Fsp3) is 0.500. The van der Waals surface area contributed by atoms with E-state index >= 15 is 0 Å². The molecule has 1 amide bonds. The van der Waals surface area contributed by atoms with Crippen molar-refractivity contribution in [3.8, 4) is 0 Å². The number of hydrogen-bond acceptors (Lipinski definition) is 7. The number of aliphatic hydroxyl groups is 1. The molecule has 37 heavy (non-hydrogen) atoms. The Morgan fingerprint density at radius 3 is 2.32 bits per heavy atom. The second kappa shape index (κ2) is 12.4. The van der Waals surface area contributed by atoms with E-state index < -0.39 is 44.2 Å². The molecule has 0 saturated carbocycles. The van der Waals surface area contributed by atoms with Gasteiger partial charge in [0.25, 0.3) is 0 Å². The minimum atomic E-state index is -3.91. The Hall–Kier alpha value is -2.47. The number of hydrogen-bond donors (Lipinski definition) is 2. The molecule has 1 aliphatic rings. The Bertz CT molecular complexity index is 1250. The normalized spacial score (nSPS) is 19.0. The Morgan fingerprint density at radius 1 is 1.11 bits per heavy atom. The zero-order chi connectivity index (χ0) is 27.2. The summed E-state index contributed by atoms with van der Waals surface area (Å²) in [5, 5.41) is 13.9. The lowest BCUT2D eigenvalue weighted by atomic mass is 10.0. The summed E-state index contributed by atoms with van der Waals surface area (Å²) in [6.07, 6.45) is -2.42. The van der Waals surface area contributed by atoms with Crippen LogP contribution in [0.3, 0.4) is 0 Å². The van der Waals surface area contributed by atoms with Gasteiger partial charge in [-0.1, -0.05) is 61.9 Å². The van der Waals surface area contributed by atoms with Gasteiger partial charge >= 0.3 is 6.09 Å². The third-order valence-corrected chi connectivity index (χ3v) is 9.73. The van der Waals surface area contributed by atoms with Gasteiger partial charge in [0.05, 0.1) is 28.5 Å². The standard InChI is InChI=1S/C26H36N2O7S2/c1-19(2)16-28(37(33,34)23-11-9-20(3)10-12-23)17-25(29)24(15-21-7-5-4-6-8-21)27-26(30)35-22-13-14-36(31,32)18-22/h4-12,19,22,24-25,29H,13-18H2,1-3H3,(H,27,30)/t22-,24-,25+/m0/s1. The van der Waals surface area contributed by atoms with E-state index in [1.54, 1.807) is 12.1 Å². The van der Waals surface area contributed by atoms with E-state index in [-0.39, 0.29) is 48.3 Å². The zero-order valence-corrected chi connectivity index (χ0v) is 23.0. The maximum absolute atomic E-state index is 13.5. The van der Waals surface area contributed by atoms with Crippen molar-refractivity contribution in [2.45, 2.75) is 56.8 Å². The van der Waals surface area contributed by atoms with Crippen molar-refractivity contribution in [2.75, 3.05) is 24.6 Å². The lowest BCUT2D eigenvalue weighted by Gasteiger charge is -2.30. The maximum atomic E-state index is 13.5. The molecule has 0 aromatic heterocycles. The van der Waals surface area contributed by atoms with Crippen LogP contribution in [0.1, 0.15) is 31.4 Å². The van der Waals surface area contributed by atoms with Crippen molar-refractivity contribution in [3.05, 3.63) is 65.7 Å². The summed E-state index contributed by atoms with van der Waals surface area (Å²) >= 11 is 0. The van der Waals surface area contributed by atoms with E-state index in [4.69, 9.17) is 4.74 Å². The summed E-state index contributed by atoms with van der Waals surface area (Å²) in [6, 6.07) is 14.8. The molecular weight excluding hydrogens is 516 g/mol. The van der Waals surface area contributed by atoms with Crippen LogP contribution in [0, 0.1) is 12.8 Å². The van der Waals surface area contributed by atoms with E-state index in [9.17, 15) is 26.7 Å². The number of carbonyl (C=O) groups is 1. The van der Waals surface area contributed by atoms with Gasteiger partial charge in [0.1, 0.15) is 6.10 Å². The van der Waals surface area contributed by atoms with Gasteiger partial charge in [-0.15, -0.1) is 0 Å². The number of alkyl carbamates (subject to hydrolysis) is 1. The number of benzene rings is 2. The van der Waals surface area contributed by atoms with E-state index in [2.05, 4.69) is 5.32 Å². The molecule has 0 unspecified atom stereocenters. The highest BCUT2D eigenvalue weighted by atomic mass is 32.2. The topological polar surface area (TPSA) is 130 Å². The molecule has 2 aromatic carbocycles. The van der Waals surface area contributed by atoms with Crippen LogP contribution in [0.5, 0.6) is 0 Å². The first-order valence-corrected chi connectivity index (χ1v) is 15.6. The first kappa shape index (κ1) is 29.1. The minimum absolute atomic E-state index is 0.0118. The maximum Gasteiger partial charge on any atom is 0.407 e. The van der Waals surface area contributed by atoms with E-state index in [0.717, 1.165) is 11.1 Å².